The summed E-state index contributed by atoms with van der Waals surface area (Å²) in [5, 5.41) is 11.6. The summed E-state index contributed by atoms with van der Waals surface area (Å²) in [6, 6.07) is 6.38. The first kappa shape index (κ1) is 14.0. The van der Waals surface area contributed by atoms with Crippen LogP contribution < -0.4 is 5.32 Å². The number of carbonyl (C=O) groups is 2. The van der Waals surface area contributed by atoms with Crippen molar-refractivity contribution in [3.8, 4) is 0 Å². The summed E-state index contributed by atoms with van der Waals surface area (Å²) in [7, 11) is 1.73. The molecule has 98 valence electrons. The van der Waals surface area contributed by atoms with Gasteiger partial charge in [-0.2, -0.15) is 0 Å². The highest BCUT2D eigenvalue weighted by Gasteiger charge is 2.07. The van der Waals surface area contributed by atoms with Crippen molar-refractivity contribution >= 4 is 12.0 Å². The van der Waals surface area contributed by atoms with Gasteiger partial charge in [0.05, 0.1) is 5.56 Å². The van der Waals surface area contributed by atoms with E-state index in [1.165, 1.54) is 6.07 Å². The van der Waals surface area contributed by atoms with Crippen LogP contribution in [0, 0.1) is 0 Å². The molecule has 2 amide bonds. The molecule has 0 bridgehead atoms. The lowest BCUT2D eigenvalue weighted by molar-refractivity contribution is 0.0696. The van der Waals surface area contributed by atoms with Crippen molar-refractivity contribution in [3.63, 3.8) is 0 Å². The fraction of sp³-hybridized carbons (Fsp3) is 0.385. The molecule has 2 N–H and O–H groups in total. The number of carboxylic acids is 1. The molecule has 18 heavy (non-hydrogen) atoms. The number of urea groups is 1. The molecule has 0 heterocycles. The zero-order valence-electron chi connectivity index (χ0n) is 10.6. The van der Waals surface area contributed by atoms with Gasteiger partial charge >= 0.3 is 12.0 Å². The Balaban J connectivity index is 2.55. The third-order valence-electron chi connectivity index (χ3n) is 2.52. The number of hydrogen-bond acceptors (Lipinski definition) is 2. The SMILES string of the molecule is CCCN(C)C(=O)NCc1cccc(C(=O)O)c1. The van der Waals surface area contributed by atoms with E-state index < -0.39 is 5.97 Å². The van der Waals surface area contributed by atoms with Gasteiger partial charge < -0.3 is 15.3 Å². The number of benzene rings is 1. The minimum atomic E-state index is -0.966. The molecular weight excluding hydrogens is 232 g/mol. The molecule has 0 aliphatic carbocycles. The van der Waals surface area contributed by atoms with Crippen LogP contribution in [0.5, 0.6) is 0 Å². The lowest BCUT2D eigenvalue weighted by atomic mass is 10.1. The van der Waals surface area contributed by atoms with E-state index in [1.807, 2.05) is 6.92 Å². The molecule has 0 saturated carbocycles. The molecule has 5 heteroatoms. The monoisotopic (exact) mass is 250 g/mol. The van der Waals surface area contributed by atoms with Gasteiger partial charge in [-0.25, -0.2) is 9.59 Å². The van der Waals surface area contributed by atoms with Crippen molar-refractivity contribution in [2.24, 2.45) is 0 Å². The summed E-state index contributed by atoms with van der Waals surface area (Å²) in [5.41, 5.74) is 0.997. The molecule has 0 saturated heterocycles. The summed E-state index contributed by atoms with van der Waals surface area (Å²) in [5.74, 6) is -0.966. The van der Waals surface area contributed by atoms with Crippen molar-refractivity contribution in [1.29, 1.82) is 0 Å². The fourth-order valence-electron chi connectivity index (χ4n) is 1.56. The van der Waals surface area contributed by atoms with Crippen molar-refractivity contribution in [1.82, 2.24) is 10.2 Å². The number of amides is 2. The second-order valence-corrected chi connectivity index (χ2v) is 4.09. The van der Waals surface area contributed by atoms with Crippen LogP contribution in [0.25, 0.3) is 0 Å². The second kappa shape index (κ2) is 6.64. The number of aromatic carboxylic acids is 1. The van der Waals surface area contributed by atoms with E-state index in [0.29, 0.717) is 13.1 Å². The average molecular weight is 250 g/mol. The summed E-state index contributed by atoms with van der Waals surface area (Å²) >= 11 is 0. The molecule has 1 aromatic rings. The van der Waals surface area contributed by atoms with Gasteiger partial charge in [0, 0.05) is 20.1 Å². The highest BCUT2D eigenvalue weighted by molar-refractivity contribution is 5.87. The number of rotatable bonds is 5. The third-order valence-corrected chi connectivity index (χ3v) is 2.52. The quantitative estimate of drug-likeness (QED) is 0.839. The Morgan fingerprint density at radius 1 is 1.39 bits per heavy atom. The number of nitrogens with one attached hydrogen (secondary N) is 1. The maximum atomic E-state index is 11.6. The largest absolute Gasteiger partial charge is 0.478 e. The van der Waals surface area contributed by atoms with Gasteiger partial charge in [0.1, 0.15) is 0 Å². The van der Waals surface area contributed by atoms with Gasteiger partial charge in [0.2, 0.25) is 0 Å². The van der Waals surface area contributed by atoms with Gasteiger partial charge in [0.15, 0.2) is 0 Å². The predicted molar refractivity (Wildman–Crippen MR) is 68.6 cm³/mol. The van der Waals surface area contributed by atoms with E-state index in [2.05, 4.69) is 5.32 Å². The van der Waals surface area contributed by atoms with Gasteiger partial charge in [-0.15, -0.1) is 0 Å². The van der Waals surface area contributed by atoms with E-state index in [0.717, 1.165) is 12.0 Å². The number of hydrogen-bond donors (Lipinski definition) is 2. The van der Waals surface area contributed by atoms with Crippen molar-refractivity contribution < 1.29 is 14.7 Å². The Labute approximate surface area is 106 Å². The van der Waals surface area contributed by atoms with Crippen LogP contribution in [0.3, 0.4) is 0 Å². The summed E-state index contributed by atoms with van der Waals surface area (Å²) in [6.45, 7) is 3.02. The minimum absolute atomic E-state index is 0.155. The molecule has 1 rings (SSSR count). The predicted octanol–water partition coefficient (Wildman–Crippen LogP) is 1.94. The van der Waals surface area contributed by atoms with Crippen molar-refractivity contribution in [3.05, 3.63) is 35.4 Å². The molecule has 0 atom stereocenters. The molecule has 0 spiro atoms. The smallest absolute Gasteiger partial charge is 0.335 e. The van der Waals surface area contributed by atoms with E-state index in [-0.39, 0.29) is 11.6 Å². The van der Waals surface area contributed by atoms with Gasteiger partial charge in [-0.1, -0.05) is 19.1 Å². The van der Waals surface area contributed by atoms with Gasteiger partial charge in [0.25, 0.3) is 0 Å². The van der Waals surface area contributed by atoms with Crippen molar-refractivity contribution in [2.45, 2.75) is 19.9 Å². The molecular formula is C13H18N2O3. The zero-order valence-corrected chi connectivity index (χ0v) is 10.6. The number of carboxylic acid groups (broad SMARTS) is 1. The average Bonchev–Trinajstić information content (AvgIpc) is 2.36. The molecule has 0 aliphatic heterocycles. The Hall–Kier alpha value is -2.04. The minimum Gasteiger partial charge on any atom is -0.478 e. The second-order valence-electron chi connectivity index (χ2n) is 4.09. The maximum absolute atomic E-state index is 11.6. The van der Waals surface area contributed by atoms with Gasteiger partial charge in [-0.05, 0) is 24.1 Å². The lowest BCUT2D eigenvalue weighted by Crippen LogP contribution is -2.37. The number of carbonyl (C=O) groups excluding carboxylic acids is 1. The third kappa shape index (κ3) is 4.08. The molecule has 0 aliphatic rings. The lowest BCUT2D eigenvalue weighted by Gasteiger charge is -2.16. The van der Waals surface area contributed by atoms with E-state index in [1.54, 1.807) is 30.1 Å². The van der Waals surface area contributed by atoms with Crippen LogP contribution >= 0.6 is 0 Å². The Kier molecular flexibility index (Phi) is 5.17. The van der Waals surface area contributed by atoms with E-state index >= 15 is 0 Å². The molecule has 1 aromatic carbocycles. The summed E-state index contributed by atoms with van der Waals surface area (Å²) < 4.78 is 0. The normalized spacial score (nSPS) is 9.89. The van der Waals surface area contributed by atoms with Crippen molar-refractivity contribution in [2.75, 3.05) is 13.6 Å². The molecule has 0 fully saturated rings. The van der Waals surface area contributed by atoms with Crippen LogP contribution in [0.2, 0.25) is 0 Å². The maximum Gasteiger partial charge on any atom is 0.335 e. The fourth-order valence-corrected chi connectivity index (χ4v) is 1.56. The molecule has 0 unspecified atom stereocenters. The Bertz CT molecular complexity index is 432. The highest BCUT2D eigenvalue weighted by atomic mass is 16.4. The Morgan fingerprint density at radius 2 is 2.11 bits per heavy atom. The first-order valence-electron chi connectivity index (χ1n) is 5.85. The van der Waals surface area contributed by atoms with E-state index in [4.69, 9.17) is 5.11 Å². The van der Waals surface area contributed by atoms with Crippen LogP contribution in [0.15, 0.2) is 24.3 Å². The Morgan fingerprint density at radius 3 is 2.72 bits per heavy atom. The van der Waals surface area contributed by atoms with Gasteiger partial charge in [-0.3, -0.25) is 0 Å². The first-order valence-corrected chi connectivity index (χ1v) is 5.85. The van der Waals surface area contributed by atoms with Crippen LogP contribution in [-0.4, -0.2) is 35.6 Å². The van der Waals surface area contributed by atoms with Crippen LogP contribution in [0.1, 0.15) is 29.3 Å². The zero-order chi connectivity index (χ0) is 13.5. The number of nitrogens with zero attached hydrogens (tertiary/aromatic N) is 1. The van der Waals surface area contributed by atoms with E-state index in [9.17, 15) is 9.59 Å². The summed E-state index contributed by atoms with van der Waals surface area (Å²) in [4.78, 5) is 24.0. The molecule has 5 nitrogen and oxygen atoms in total. The standard InChI is InChI=1S/C13H18N2O3/c1-3-7-15(2)13(18)14-9-10-5-4-6-11(8-10)12(16)17/h4-6,8H,3,7,9H2,1-2H3,(H,14,18)(H,16,17). The van der Waals surface area contributed by atoms with Crippen LogP contribution in [-0.2, 0) is 6.54 Å². The topological polar surface area (TPSA) is 69.6 Å². The molecule has 0 aromatic heterocycles. The first-order chi connectivity index (χ1) is 8.54. The molecule has 0 radical (unpaired) electrons. The highest BCUT2D eigenvalue weighted by Crippen LogP contribution is 2.05. The van der Waals surface area contributed by atoms with Crippen LogP contribution in [0.4, 0.5) is 4.79 Å². The summed E-state index contributed by atoms with van der Waals surface area (Å²) in [6.07, 6.45) is 0.901.